The molecule has 9 heteroatoms. The van der Waals surface area contributed by atoms with Crippen molar-refractivity contribution in [1.29, 1.82) is 0 Å². The van der Waals surface area contributed by atoms with E-state index in [1.165, 1.54) is 17.5 Å². The molecule has 216 valence electrons. The number of rotatable bonds is 10. The van der Waals surface area contributed by atoms with Crippen molar-refractivity contribution in [3.8, 4) is 0 Å². The van der Waals surface area contributed by atoms with Gasteiger partial charge in [0.05, 0.1) is 11.3 Å². The first-order valence-corrected chi connectivity index (χ1v) is 15.0. The summed E-state index contributed by atoms with van der Waals surface area (Å²) in [6.07, 6.45) is 12.2. The number of nitrogens with zero attached hydrogens (tertiary/aromatic N) is 5. The van der Waals surface area contributed by atoms with E-state index in [1.807, 2.05) is 24.3 Å². The molecule has 6 rings (SSSR count). The van der Waals surface area contributed by atoms with Gasteiger partial charge in [-0.1, -0.05) is 44.7 Å². The van der Waals surface area contributed by atoms with Crippen molar-refractivity contribution in [3.05, 3.63) is 59.6 Å². The summed E-state index contributed by atoms with van der Waals surface area (Å²) in [4.78, 5) is 31.2. The molecule has 0 aliphatic heterocycles. The summed E-state index contributed by atoms with van der Waals surface area (Å²) in [5.41, 5.74) is 1.63. The molecule has 2 atom stereocenters. The fourth-order valence-electron chi connectivity index (χ4n) is 6.39. The molecule has 3 aromatic rings. The molecule has 2 heterocycles. The third-order valence-corrected chi connectivity index (χ3v) is 9.86. The van der Waals surface area contributed by atoms with E-state index in [2.05, 4.69) is 46.4 Å². The second-order valence-corrected chi connectivity index (χ2v) is 13.1. The number of aryl methyl sites for hydroxylation is 1. The van der Waals surface area contributed by atoms with Crippen LogP contribution in [0.4, 0.5) is 5.69 Å². The molecule has 3 aliphatic carbocycles. The molecular weight excluding hydrogens is 516 g/mol. The number of anilines is 1. The predicted molar refractivity (Wildman–Crippen MR) is 156 cm³/mol. The van der Waals surface area contributed by atoms with Crippen LogP contribution >= 0.6 is 0 Å². The first-order valence-electron chi connectivity index (χ1n) is 15.0. The molecule has 3 fully saturated rings. The topological polar surface area (TPSA) is 115 Å². The third kappa shape index (κ3) is 5.38. The highest BCUT2D eigenvalue weighted by Crippen LogP contribution is 2.59. The van der Waals surface area contributed by atoms with Crippen LogP contribution in [0.2, 0.25) is 0 Å². The number of benzene rings is 1. The highest BCUT2D eigenvalue weighted by molar-refractivity contribution is 6.06. The lowest BCUT2D eigenvalue weighted by molar-refractivity contribution is -0.121. The van der Waals surface area contributed by atoms with Crippen molar-refractivity contribution in [2.24, 2.45) is 35.2 Å². The van der Waals surface area contributed by atoms with Crippen molar-refractivity contribution in [2.45, 2.75) is 83.5 Å². The van der Waals surface area contributed by atoms with Crippen LogP contribution in [0.25, 0.3) is 0 Å². The zero-order valence-corrected chi connectivity index (χ0v) is 24.5. The molecule has 9 nitrogen and oxygen atoms in total. The largest absolute Gasteiger partial charge is 0.424 e. The first-order chi connectivity index (χ1) is 19.7. The molecule has 3 saturated carbocycles. The Kier molecular flexibility index (Phi) is 7.16. The Bertz CT molecular complexity index is 1460. The van der Waals surface area contributed by atoms with E-state index >= 15 is 0 Å². The zero-order valence-electron chi connectivity index (χ0n) is 24.5. The fourth-order valence-corrected chi connectivity index (χ4v) is 6.39. The average Bonchev–Trinajstić information content (AvgIpc) is 3.23. The highest BCUT2D eigenvalue weighted by atomic mass is 16.4. The van der Waals surface area contributed by atoms with Gasteiger partial charge >= 0.3 is 0 Å². The lowest BCUT2D eigenvalue weighted by Crippen LogP contribution is -2.41. The lowest BCUT2D eigenvalue weighted by Gasteiger charge is -2.41. The monoisotopic (exact) mass is 556 g/mol. The average molecular weight is 557 g/mol. The number of hydrogen-bond acceptors (Lipinski definition) is 6. The van der Waals surface area contributed by atoms with Gasteiger partial charge in [0.25, 0.3) is 5.91 Å². The van der Waals surface area contributed by atoms with Crippen LogP contribution in [0.3, 0.4) is 0 Å². The van der Waals surface area contributed by atoms with Gasteiger partial charge in [-0.05, 0) is 80.5 Å². The third-order valence-electron chi connectivity index (χ3n) is 9.86. The Balaban J connectivity index is 1.25. The van der Waals surface area contributed by atoms with Crippen LogP contribution in [0, 0.1) is 23.2 Å². The van der Waals surface area contributed by atoms with Crippen LogP contribution in [-0.4, -0.2) is 38.0 Å². The van der Waals surface area contributed by atoms with Gasteiger partial charge in [-0.3, -0.25) is 14.3 Å². The van der Waals surface area contributed by atoms with Gasteiger partial charge in [0, 0.05) is 31.1 Å². The minimum Gasteiger partial charge on any atom is -0.424 e. The van der Waals surface area contributed by atoms with Gasteiger partial charge < -0.3 is 9.73 Å². The molecule has 1 aromatic carbocycles. The standard InChI is InChI=1S/C32H40N6O3/c1-31(2,30-37-36-29(41-30)21-10-6-11-21)22-12-7-13-23(18-22)35-27(39)24(19-33-28(40)25-14-17-34-38(25)4)26(20-8-5-9-20)32(3)15-16-32/h7,12-14,17-21,24,26H,5-6,8-11,15-16H2,1-4H3,(H,35,39). The lowest BCUT2D eigenvalue weighted by atomic mass is 9.64. The number of hydrogen-bond donors (Lipinski definition) is 1. The minimum atomic E-state index is -0.526. The smallest absolute Gasteiger partial charge is 0.294 e. The summed E-state index contributed by atoms with van der Waals surface area (Å²) in [6, 6.07) is 9.49. The van der Waals surface area contributed by atoms with Gasteiger partial charge in [0.2, 0.25) is 17.7 Å². The molecule has 0 saturated heterocycles. The summed E-state index contributed by atoms with van der Waals surface area (Å²) < 4.78 is 7.62. The molecule has 0 radical (unpaired) electrons. The number of aromatic nitrogens is 4. The molecule has 2 aromatic heterocycles. The van der Waals surface area contributed by atoms with E-state index in [-0.39, 0.29) is 23.1 Å². The minimum absolute atomic E-state index is 0.0919. The number of aliphatic imine (C=N–C) groups is 1. The van der Waals surface area contributed by atoms with Crippen molar-refractivity contribution in [1.82, 2.24) is 20.0 Å². The quantitative estimate of drug-likeness (QED) is 0.303. The van der Waals surface area contributed by atoms with Crippen molar-refractivity contribution in [3.63, 3.8) is 0 Å². The highest BCUT2D eigenvalue weighted by Gasteiger charge is 2.53. The number of nitrogens with one attached hydrogen (secondary N) is 1. The van der Waals surface area contributed by atoms with Crippen molar-refractivity contribution < 1.29 is 14.0 Å². The van der Waals surface area contributed by atoms with E-state index in [1.54, 1.807) is 25.5 Å². The summed E-state index contributed by atoms with van der Waals surface area (Å²) in [6.45, 7) is 6.40. The van der Waals surface area contributed by atoms with E-state index in [0.29, 0.717) is 29.1 Å². The van der Waals surface area contributed by atoms with Crippen LogP contribution < -0.4 is 5.32 Å². The summed E-state index contributed by atoms with van der Waals surface area (Å²) in [7, 11) is 1.71. The maximum atomic E-state index is 14.0. The van der Waals surface area contributed by atoms with Gasteiger partial charge in [0.1, 0.15) is 5.69 Å². The van der Waals surface area contributed by atoms with Crippen LogP contribution in [0.1, 0.15) is 106 Å². The maximum Gasteiger partial charge on any atom is 0.294 e. The molecular formula is C32H40N6O3. The van der Waals surface area contributed by atoms with E-state index < -0.39 is 11.3 Å². The van der Waals surface area contributed by atoms with E-state index in [0.717, 1.165) is 50.0 Å². The molecule has 3 aliphatic rings. The van der Waals surface area contributed by atoms with E-state index in [4.69, 9.17) is 4.42 Å². The zero-order chi connectivity index (χ0) is 28.8. The maximum absolute atomic E-state index is 14.0. The Hall–Kier alpha value is -3.62. The van der Waals surface area contributed by atoms with E-state index in [9.17, 15) is 9.59 Å². The van der Waals surface area contributed by atoms with Crippen LogP contribution in [0.5, 0.6) is 0 Å². The summed E-state index contributed by atoms with van der Waals surface area (Å²) >= 11 is 0. The van der Waals surface area contributed by atoms with Crippen molar-refractivity contribution in [2.75, 3.05) is 5.32 Å². The Labute approximate surface area is 241 Å². The molecule has 1 N–H and O–H groups in total. The molecule has 41 heavy (non-hydrogen) atoms. The summed E-state index contributed by atoms with van der Waals surface area (Å²) in [5, 5.41) is 16.0. The second-order valence-electron chi connectivity index (χ2n) is 13.1. The molecule has 2 unspecified atom stereocenters. The van der Waals surface area contributed by atoms with Crippen LogP contribution in [-0.2, 0) is 17.3 Å². The molecule has 0 bridgehead atoms. The fraction of sp³-hybridized carbons (Fsp3) is 0.562. The van der Waals surface area contributed by atoms with Gasteiger partial charge in [0.15, 0.2) is 0 Å². The number of amides is 2. The van der Waals surface area contributed by atoms with Gasteiger partial charge in [-0.25, -0.2) is 4.99 Å². The first kappa shape index (κ1) is 27.5. The van der Waals surface area contributed by atoms with Crippen molar-refractivity contribution >= 4 is 23.7 Å². The predicted octanol–water partition coefficient (Wildman–Crippen LogP) is 6.08. The Morgan fingerprint density at radius 3 is 2.51 bits per heavy atom. The van der Waals surface area contributed by atoms with Crippen LogP contribution in [0.15, 0.2) is 45.9 Å². The Morgan fingerprint density at radius 2 is 1.90 bits per heavy atom. The number of carbonyl (C=O) groups excluding carboxylic acids is 2. The van der Waals surface area contributed by atoms with Gasteiger partial charge in [-0.2, -0.15) is 5.10 Å². The molecule has 0 spiro atoms. The Morgan fingerprint density at radius 1 is 1.15 bits per heavy atom. The van der Waals surface area contributed by atoms with Gasteiger partial charge in [-0.15, -0.1) is 10.2 Å². The normalized spacial score (nSPS) is 20.3. The SMILES string of the molecule is Cn1nccc1C(=O)N=CC(C(=O)Nc1cccc(C(C)(C)c2nnc(C3CCC3)o2)c1)C(C1CCC1)C1(C)CC1. The summed E-state index contributed by atoms with van der Waals surface area (Å²) in [5.74, 6) is 1.25. The molecule has 2 amide bonds. The second kappa shape index (κ2) is 10.7. The number of carbonyl (C=O) groups is 2.